The molecule has 0 unspecified atom stereocenters. The predicted molar refractivity (Wildman–Crippen MR) is 183 cm³/mol. The minimum absolute atomic E-state index is 0.0656. The van der Waals surface area contributed by atoms with Crippen LogP contribution in [0.25, 0.3) is 10.2 Å². The molecule has 1 aliphatic heterocycles. The first kappa shape index (κ1) is 35.4. The van der Waals surface area contributed by atoms with Crippen LogP contribution >= 0.6 is 11.3 Å². The molecule has 1 saturated carbocycles. The van der Waals surface area contributed by atoms with Gasteiger partial charge in [0.25, 0.3) is 0 Å². The molecule has 2 N–H and O–H groups in total. The van der Waals surface area contributed by atoms with E-state index in [1.807, 2.05) is 6.92 Å². The van der Waals surface area contributed by atoms with Gasteiger partial charge in [0.1, 0.15) is 5.78 Å². The fourth-order valence-corrected chi connectivity index (χ4v) is 7.82. The average Bonchev–Trinajstić information content (AvgIpc) is 3.45. The van der Waals surface area contributed by atoms with Gasteiger partial charge in [-0.05, 0) is 48.8 Å². The summed E-state index contributed by atoms with van der Waals surface area (Å²) in [6.07, 6.45) is 7.58. The van der Waals surface area contributed by atoms with Crippen LogP contribution in [-0.4, -0.2) is 89.3 Å². The van der Waals surface area contributed by atoms with Crippen LogP contribution < -0.4 is 5.32 Å². The Morgan fingerprint density at radius 3 is 2.47 bits per heavy atom. The third kappa shape index (κ3) is 10.5. The fourth-order valence-electron chi connectivity index (χ4n) is 6.72. The highest BCUT2D eigenvalue weighted by atomic mass is 32.1. The van der Waals surface area contributed by atoms with Crippen LogP contribution in [0.15, 0.2) is 30.4 Å². The molecular weight excluding hydrogens is 584 g/mol. The number of benzene rings is 1. The van der Waals surface area contributed by atoms with Crippen molar-refractivity contribution in [3.05, 3.63) is 40.9 Å². The van der Waals surface area contributed by atoms with E-state index < -0.39 is 5.92 Å². The number of carbonyl (C=O) groups excluding carboxylic acids is 3. The first-order valence-electron chi connectivity index (χ1n) is 17.1. The van der Waals surface area contributed by atoms with Crippen LogP contribution in [0.1, 0.15) is 95.0 Å². The van der Waals surface area contributed by atoms with Gasteiger partial charge in [-0.15, -0.1) is 11.3 Å². The molecule has 9 heteroatoms. The second kappa shape index (κ2) is 17.5. The minimum atomic E-state index is -0.483. The standard InChI is InChI=1S/C36H54N4O4S/c1-5-30(42)21-29(23-35-37-32-12-11-28(25(2)3)22-34(32)45-35)36(44)38-31(27-9-7-6-8-10-27)13-14-33(43)26(4)24-40-17-15-39(16-18-40)19-20-41/h11-12,22,25,27,29,31,41H,4-10,13-21,23-24H2,1-3H3,(H,38,44)/t29-,31+/m0/s1. The SMILES string of the molecule is C=C(CN1CCN(CCO)CC1)C(=O)CC[C@@H](NC(=O)[C@@H](CC(=O)CC)Cc1nc2ccc(C(C)C)cc2s1)C1CCCCC1. The van der Waals surface area contributed by atoms with Crippen molar-refractivity contribution in [1.29, 1.82) is 0 Å². The lowest BCUT2D eigenvalue weighted by Crippen LogP contribution is -2.48. The highest BCUT2D eigenvalue weighted by Crippen LogP contribution is 2.31. The van der Waals surface area contributed by atoms with Gasteiger partial charge in [0, 0.05) is 76.6 Å². The number of rotatable bonds is 17. The van der Waals surface area contributed by atoms with Crippen molar-refractivity contribution in [2.75, 3.05) is 45.9 Å². The molecule has 2 fully saturated rings. The number of carbonyl (C=O) groups is 3. The number of nitrogens with zero attached hydrogens (tertiary/aromatic N) is 3. The molecule has 2 atom stereocenters. The van der Waals surface area contributed by atoms with Crippen molar-refractivity contribution >= 4 is 39.0 Å². The third-order valence-corrected chi connectivity index (χ3v) is 10.7. The van der Waals surface area contributed by atoms with Gasteiger partial charge in [-0.1, -0.05) is 52.7 Å². The Hall–Kier alpha value is -2.46. The number of hydrogen-bond donors (Lipinski definition) is 2. The van der Waals surface area contributed by atoms with E-state index >= 15 is 0 Å². The number of hydrogen-bond acceptors (Lipinski definition) is 8. The van der Waals surface area contributed by atoms with Crippen molar-refractivity contribution in [2.24, 2.45) is 11.8 Å². The summed E-state index contributed by atoms with van der Waals surface area (Å²) in [6.45, 7) is 15.2. The van der Waals surface area contributed by atoms with Crippen LogP contribution in [-0.2, 0) is 20.8 Å². The normalized spacial score (nSPS) is 18.2. The first-order chi connectivity index (χ1) is 21.7. The zero-order valence-corrected chi connectivity index (χ0v) is 28.5. The monoisotopic (exact) mass is 638 g/mol. The number of piperazine rings is 1. The lowest BCUT2D eigenvalue weighted by atomic mass is 9.81. The minimum Gasteiger partial charge on any atom is -0.395 e. The van der Waals surface area contributed by atoms with Gasteiger partial charge in [-0.25, -0.2) is 4.98 Å². The van der Waals surface area contributed by atoms with Gasteiger partial charge in [0.15, 0.2) is 5.78 Å². The molecule has 2 aromatic rings. The summed E-state index contributed by atoms with van der Waals surface area (Å²) in [5, 5.41) is 13.4. The average molecular weight is 639 g/mol. The maximum Gasteiger partial charge on any atom is 0.224 e. The summed E-state index contributed by atoms with van der Waals surface area (Å²) in [5.41, 5.74) is 2.83. The van der Waals surface area contributed by atoms with Crippen LogP contribution in [0.4, 0.5) is 0 Å². The summed E-state index contributed by atoms with van der Waals surface area (Å²) in [7, 11) is 0. The lowest BCUT2D eigenvalue weighted by Gasteiger charge is -2.34. The van der Waals surface area contributed by atoms with Crippen molar-refractivity contribution in [3.63, 3.8) is 0 Å². The Bertz CT molecular complexity index is 1290. The van der Waals surface area contributed by atoms with Gasteiger partial charge in [0.05, 0.1) is 27.7 Å². The Morgan fingerprint density at radius 1 is 1.09 bits per heavy atom. The molecule has 1 saturated heterocycles. The molecule has 4 rings (SSSR count). The van der Waals surface area contributed by atoms with E-state index in [0.717, 1.165) is 67.1 Å². The number of β-amino-alcohol motifs (C(OH)–C–C–N with tert-alkyl or cyclic N) is 1. The molecule has 1 aromatic carbocycles. The van der Waals surface area contributed by atoms with E-state index in [4.69, 9.17) is 4.98 Å². The maximum atomic E-state index is 13.9. The fraction of sp³-hybridized carbons (Fsp3) is 0.667. The quantitative estimate of drug-likeness (QED) is 0.220. The van der Waals surface area contributed by atoms with E-state index in [1.165, 1.54) is 12.0 Å². The zero-order valence-electron chi connectivity index (χ0n) is 27.7. The smallest absolute Gasteiger partial charge is 0.224 e. The molecule has 0 radical (unpaired) electrons. The maximum absolute atomic E-state index is 13.9. The van der Waals surface area contributed by atoms with Crippen molar-refractivity contribution in [2.45, 2.75) is 96.9 Å². The van der Waals surface area contributed by atoms with Crippen LogP contribution in [0.5, 0.6) is 0 Å². The Balaban J connectivity index is 1.40. The van der Waals surface area contributed by atoms with Crippen molar-refractivity contribution < 1.29 is 19.5 Å². The van der Waals surface area contributed by atoms with Gasteiger partial charge in [-0.2, -0.15) is 0 Å². The molecule has 1 aromatic heterocycles. The number of fused-ring (bicyclic) bond motifs is 1. The highest BCUT2D eigenvalue weighted by Gasteiger charge is 2.30. The molecular formula is C36H54N4O4S. The van der Waals surface area contributed by atoms with E-state index in [9.17, 15) is 19.5 Å². The topological polar surface area (TPSA) is 103 Å². The summed E-state index contributed by atoms with van der Waals surface area (Å²) in [4.78, 5) is 49.1. The van der Waals surface area contributed by atoms with Gasteiger partial charge in [0.2, 0.25) is 5.91 Å². The van der Waals surface area contributed by atoms with Crippen LogP contribution in [0.2, 0.25) is 0 Å². The van der Waals surface area contributed by atoms with Crippen molar-refractivity contribution in [3.8, 4) is 0 Å². The zero-order chi connectivity index (χ0) is 32.3. The number of ketones is 2. The van der Waals surface area contributed by atoms with E-state index in [-0.39, 0.29) is 36.5 Å². The second-order valence-electron chi connectivity index (χ2n) is 13.4. The van der Waals surface area contributed by atoms with Gasteiger partial charge >= 0.3 is 0 Å². The molecule has 45 heavy (non-hydrogen) atoms. The molecule has 0 bridgehead atoms. The van der Waals surface area contributed by atoms with Crippen LogP contribution in [0, 0.1) is 11.8 Å². The van der Waals surface area contributed by atoms with E-state index in [1.54, 1.807) is 11.3 Å². The molecule has 0 spiro atoms. The summed E-state index contributed by atoms with van der Waals surface area (Å²) >= 11 is 1.62. The molecule has 2 aliphatic rings. The molecule has 248 valence electrons. The third-order valence-electron chi connectivity index (χ3n) is 9.70. The molecule has 1 amide bonds. The predicted octanol–water partition coefficient (Wildman–Crippen LogP) is 5.53. The Kier molecular flexibility index (Phi) is 13.7. The summed E-state index contributed by atoms with van der Waals surface area (Å²) < 4.78 is 1.11. The summed E-state index contributed by atoms with van der Waals surface area (Å²) in [6, 6.07) is 6.26. The molecule has 1 aliphatic carbocycles. The van der Waals surface area contributed by atoms with Gasteiger partial charge < -0.3 is 10.4 Å². The van der Waals surface area contributed by atoms with E-state index in [0.29, 0.717) is 56.2 Å². The van der Waals surface area contributed by atoms with E-state index in [2.05, 4.69) is 53.7 Å². The second-order valence-corrected chi connectivity index (χ2v) is 14.5. The molecule has 8 nitrogen and oxygen atoms in total. The number of amides is 1. The van der Waals surface area contributed by atoms with Crippen molar-refractivity contribution in [1.82, 2.24) is 20.1 Å². The highest BCUT2D eigenvalue weighted by molar-refractivity contribution is 7.18. The Morgan fingerprint density at radius 2 is 1.80 bits per heavy atom. The van der Waals surface area contributed by atoms with Crippen LogP contribution in [0.3, 0.4) is 0 Å². The number of aliphatic hydroxyl groups is 1. The van der Waals surface area contributed by atoms with Gasteiger partial charge in [-0.3, -0.25) is 24.2 Å². The largest absolute Gasteiger partial charge is 0.395 e. The Labute approximate surface area is 273 Å². The number of thiazole rings is 1. The first-order valence-corrected chi connectivity index (χ1v) is 18.0. The number of nitrogens with one attached hydrogen (secondary N) is 1. The lowest BCUT2D eigenvalue weighted by molar-refractivity contribution is -0.130. The number of aliphatic hydroxyl groups excluding tert-OH is 1. The molecule has 2 heterocycles. The summed E-state index contributed by atoms with van der Waals surface area (Å²) in [5.74, 6) is 0.328. The number of aromatic nitrogens is 1. The number of Topliss-reactive ketones (excluding diaryl/α,β-unsaturated/α-hetero) is 2.